The molecule has 1 rings (SSSR count). The number of hydrogen-bond donors (Lipinski definition) is 1. The smallest absolute Gasteiger partial charge is 0.0760 e. The Morgan fingerprint density at radius 1 is 1.73 bits per heavy atom. The molecule has 4 nitrogen and oxygen atoms in total. The van der Waals surface area contributed by atoms with E-state index in [4.69, 9.17) is 10.5 Å². The van der Waals surface area contributed by atoms with Gasteiger partial charge in [0.1, 0.15) is 0 Å². The number of aromatic nitrogens is 2. The molecule has 0 saturated carbocycles. The molecule has 62 valence electrons. The standard InChI is InChI=1S/C7H13N3O/c1-11-5-4-10-3-2-7(6-8)9-10/h2-3H,4-6,8H2,1H3. The van der Waals surface area contributed by atoms with Gasteiger partial charge in [0.05, 0.1) is 18.8 Å². The van der Waals surface area contributed by atoms with Crippen molar-refractivity contribution in [1.29, 1.82) is 0 Å². The lowest BCUT2D eigenvalue weighted by atomic mass is 10.4. The first-order valence-corrected chi connectivity index (χ1v) is 3.58. The van der Waals surface area contributed by atoms with Crippen LogP contribution in [0.2, 0.25) is 0 Å². The maximum atomic E-state index is 5.38. The first-order valence-electron chi connectivity index (χ1n) is 3.58. The highest BCUT2D eigenvalue weighted by atomic mass is 16.5. The number of ether oxygens (including phenoxy) is 1. The van der Waals surface area contributed by atoms with Gasteiger partial charge >= 0.3 is 0 Å². The van der Waals surface area contributed by atoms with E-state index in [-0.39, 0.29) is 0 Å². The highest BCUT2D eigenvalue weighted by molar-refractivity contribution is 4.97. The van der Waals surface area contributed by atoms with E-state index in [9.17, 15) is 0 Å². The molecule has 0 atom stereocenters. The second-order valence-electron chi connectivity index (χ2n) is 2.27. The Bertz CT molecular complexity index is 209. The molecule has 0 amide bonds. The molecule has 0 aromatic carbocycles. The van der Waals surface area contributed by atoms with Crippen LogP contribution in [0.5, 0.6) is 0 Å². The monoisotopic (exact) mass is 155 g/mol. The van der Waals surface area contributed by atoms with Gasteiger partial charge in [-0.2, -0.15) is 5.10 Å². The van der Waals surface area contributed by atoms with Gasteiger partial charge in [-0.1, -0.05) is 0 Å². The van der Waals surface area contributed by atoms with Gasteiger partial charge in [-0.25, -0.2) is 0 Å². The van der Waals surface area contributed by atoms with Crippen molar-refractivity contribution in [3.63, 3.8) is 0 Å². The zero-order valence-electron chi connectivity index (χ0n) is 6.66. The molecule has 0 bridgehead atoms. The molecule has 0 spiro atoms. The molecular formula is C7H13N3O. The maximum absolute atomic E-state index is 5.38. The molecule has 11 heavy (non-hydrogen) atoms. The van der Waals surface area contributed by atoms with Crippen LogP contribution in [0.15, 0.2) is 12.3 Å². The van der Waals surface area contributed by atoms with E-state index >= 15 is 0 Å². The topological polar surface area (TPSA) is 53.1 Å². The lowest BCUT2D eigenvalue weighted by Gasteiger charge is -1.98. The number of methoxy groups -OCH3 is 1. The van der Waals surface area contributed by atoms with Crippen molar-refractivity contribution in [3.05, 3.63) is 18.0 Å². The number of rotatable bonds is 4. The lowest BCUT2D eigenvalue weighted by Crippen LogP contribution is -2.06. The quantitative estimate of drug-likeness (QED) is 0.665. The summed E-state index contributed by atoms with van der Waals surface area (Å²) < 4.78 is 6.72. The minimum Gasteiger partial charge on any atom is -0.383 e. The summed E-state index contributed by atoms with van der Waals surface area (Å²) in [6, 6.07) is 1.91. The van der Waals surface area contributed by atoms with Crippen molar-refractivity contribution in [2.45, 2.75) is 13.1 Å². The molecule has 0 fully saturated rings. The lowest BCUT2D eigenvalue weighted by molar-refractivity contribution is 0.183. The summed E-state index contributed by atoms with van der Waals surface area (Å²) >= 11 is 0. The summed E-state index contributed by atoms with van der Waals surface area (Å²) in [6.45, 7) is 1.97. The summed E-state index contributed by atoms with van der Waals surface area (Å²) in [4.78, 5) is 0. The second-order valence-corrected chi connectivity index (χ2v) is 2.27. The fourth-order valence-electron chi connectivity index (χ4n) is 0.822. The van der Waals surface area contributed by atoms with Gasteiger partial charge in [0.15, 0.2) is 0 Å². The first kappa shape index (κ1) is 8.23. The molecule has 0 saturated heterocycles. The Labute approximate surface area is 66.0 Å². The zero-order chi connectivity index (χ0) is 8.10. The minimum atomic E-state index is 0.500. The molecule has 0 aliphatic rings. The molecule has 1 aromatic heterocycles. The number of nitrogens with zero attached hydrogens (tertiary/aromatic N) is 2. The highest BCUT2D eigenvalue weighted by Crippen LogP contribution is 1.93. The number of nitrogens with two attached hydrogens (primary N) is 1. The van der Waals surface area contributed by atoms with E-state index in [1.807, 2.05) is 16.9 Å². The van der Waals surface area contributed by atoms with Gasteiger partial charge < -0.3 is 10.5 Å². The molecule has 1 aromatic rings. The molecule has 0 aliphatic carbocycles. The summed E-state index contributed by atoms with van der Waals surface area (Å²) in [5.41, 5.74) is 6.30. The normalized spacial score (nSPS) is 10.4. The zero-order valence-corrected chi connectivity index (χ0v) is 6.66. The van der Waals surface area contributed by atoms with Crippen LogP contribution >= 0.6 is 0 Å². The first-order chi connectivity index (χ1) is 5.36. The molecule has 4 heteroatoms. The Hall–Kier alpha value is -0.870. The second kappa shape index (κ2) is 4.10. The summed E-state index contributed by atoms with van der Waals surface area (Å²) in [7, 11) is 1.67. The molecule has 0 unspecified atom stereocenters. The van der Waals surface area contributed by atoms with Crippen molar-refractivity contribution >= 4 is 0 Å². The van der Waals surface area contributed by atoms with Crippen molar-refractivity contribution in [1.82, 2.24) is 9.78 Å². The van der Waals surface area contributed by atoms with E-state index in [1.165, 1.54) is 0 Å². The van der Waals surface area contributed by atoms with Crippen molar-refractivity contribution in [2.24, 2.45) is 5.73 Å². The van der Waals surface area contributed by atoms with Crippen molar-refractivity contribution < 1.29 is 4.74 Å². The van der Waals surface area contributed by atoms with Gasteiger partial charge in [0, 0.05) is 19.9 Å². The van der Waals surface area contributed by atoms with E-state index < -0.39 is 0 Å². The summed E-state index contributed by atoms with van der Waals surface area (Å²) in [6.07, 6.45) is 1.90. The van der Waals surface area contributed by atoms with Crippen LogP contribution in [0.3, 0.4) is 0 Å². The Morgan fingerprint density at radius 3 is 3.09 bits per heavy atom. The van der Waals surface area contributed by atoms with Gasteiger partial charge in [0.2, 0.25) is 0 Å². The maximum Gasteiger partial charge on any atom is 0.0760 e. The van der Waals surface area contributed by atoms with E-state index in [0.717, 1.165) is 12.2 Å². The van der Waals surface area contributed by atoms with E-state index in [0.29, 0.717) is 13.2 Å². The Balaban J connectivity index is 2.44. The third-order valence-corrected chi connectivity index (χ3v) is 1.43. The predicted molar refractivity (Wildman–Crippen MR) is 42.0 cm³/mol. The van der Waals surface area contributed by atoms with Crippen LogP contribution in [-0.4, -0.2) is 23.5 Å². The third-order valence-electron chi connectivity index (χ3n) is 1.43. The van der Waals surface area contributed by atoms with Gasteiger partial charge in [-0.3, -0.25) is 4.68 Å². The molecule has 0 aliphatic heterocycles. The number of hydrogen-bond acceptors (Lipinski definition) is 3. The average Bonchev–Trinajstić information content (AvgIpc) is 2.48. The molecule has 1 heterocycles. The van der Waals surface area contributed by atoms with E-state index in [2.05, 4.69) is 5.10 Å². The summed E-state index contributed by atoms with van der Waals surface area (Å²) in [5.74, 6) is 0. The third kappa shape index (κ3) is 2.32. The predicted octanol–water partition coefficient (Wildman–Crippen LogP) is -0.0118. The molecular weight excluding hydrogens is 142 g/mol. The van der Waals surface area contributed by atoms with E-state index in [1.54, 1.807) is 7.11 Å². The fraction of sp³-hybridized carbons (Fsp3) is 0.571. The average molecular weight is 155 g/mol. The Kier molecular flexibility index (Phi) is 3.07. The minimum absolute atomic E-state index is 0.500. The largest absolute Gasteiger partial charge is 0.383 e. The van der Waals surface area contributed by atoms with Gasteiger partial charge in [-0.15, -0.1) is 0 Å². The fourth-order valence-corrected chi connectivity index (χ4v) is 0.822. The van der Waals surface area contributed by atoms with Crippen LogP contribution < -0.4 is 5.73 Å². The molecule has 0 radical (unpaired) electrons. The van der Waals surface area contributed by atoms with Crippen LogP contribution in [0.25, 0.3) is 0 Å². The highest BCUT2D eigenvalue weighted by Gasteiger charge is 1.94. The van der Waals surface area contributed by atoms with Crippen LogP contribution in [0.4, 0.5) is 0 Å². The van der Waals surface area contributed by atoms with Crippen molar-refractivity contribution in [2.75, 3.05) is 13.7 Å². The van der Waals surface area contributed by atoms with Crippen LogP contribution in [0, 0.1) is 0 Å². The van der Waals surface area contributed by atoms with Gasteiger partial charge in [-0.05, 0) is 6.07 Å². The van der Waals surface area contributed by atoms with Crippen molar-refractivity contribution in [3.8, 4) is 0 Å². The SMILES string of the molecule is COCCn1ccc(CN)n1. The van der Waals surface area contributed by atoms with Crippen LogP contribution in [-0.2, 0) is 17.8 Å². The molecule has 2 N–H and O–H groups in total. The van der Waals surface area contributed by atoms with Crippen LogP contribution in [0.1, 0.15) is 5.69 Å². The Morgan fingerprint density at radius 2 is 2.55 bits per heavy atom. The summed E-state index contributed by atoms with van der Waals surface area (Å²) in [5, 5.41) is 4.18. The van der Waals surface area contributed by atoms with Gasteiger partial charge in [0.25, 0.3) is 0 Å².